The number of carbonyl (C=O) groups excluding carboxylic acids is 1. The summed E-state index contributed by atoms with van der Waals surface area (Å²) in [5.74, 6) is 1.35. The molecule has 2 N–H and O–H groups in total. The van der Waals surface area contributed by atoms with Crippen LogP contribution >= 0.6 is 0 Å². The summed E-state index contributed by atoms with van der Waals surface area (Å²) < 4.78 is 0. The quantitative estimate of drug-likeness (QED) is 0.655. The van der Waals surface area contributed by atoms with Crippen molar-refractivity contribution in [2.75, 3.05) is 13.2 Å². The van der Waals surface area contributed by atoms with Crippen molar-refractivity contribution in [1.82, 2.24) is 5.32 Å². The van der Waals surface area contributed by atoms with Crippen molar-refractivity contribution in [1.29, 1.82) is 0 Å². The highest BCUT2D eigenvalue weighted by Crippen LogP contribution is 2.31. The van der Waals surface area contributed by atoms with Crippen LogP contribution in [-0.2, 0) is 4.79 Å². The standard InChI is InChI=1S/C15H29NO2/c1-2-3-6-13-7-9-14(10-8-13)15(18)16-11-4-5-12-17/h13-14,17H,2-12H2,1H3,(H,16,18). The summed E-state index contributed by atoms with van der Waals surface area (Å²) in [5.41, 5.74) is 0. The Labute approximate surface area is 111 Å². The van der Waals surface area contributed by atoms with Crippen LogP contribution in [0, 0.1) is 11.8 Å². The first kappa shape index (κ1) is 15.5. The van der Waals surface area contributed by atoms with Crippen LogP contribution in [0.1, 0.15) is 64.7 Å². The van der Waals surface area contributed by atoms with Crippen molar-refractivity contribution in [2.45, 2.75) is 64.7 Å². The third-order valence-corrected chi connectivity index (χ3v) is 4.07. The lowest BCUT2D eigenvalue weighted by atomic mass is 9.79. The molecule has 0 aromatic carbocycles. The highest BCUT2D eigenvalue weighted by molar-refractivity contribution is 5.78. The summed E-state index contributed by atoms with van der Waals surface area (Å²) in [6.45, 7) is 3.18. The number of hydrogen-bond acceptors (Lipinski definition) is 2. The number of amides is 1. The summed E-state index contributed by atoms with van der Waals surface area (Å²) >= 11 is 0. The molecule has 0 atom stereocenters. The Morgan fingerprint density at radius 1 is 1.17 bits per heavy atom. The van der Waals surface area contributed by atoms with Gasteiger partial charge in [0.1, 0.15) is 0 Å². The van der Waals surface area contributed by atoms with Crippen LogP contribution in [0.25, 0.3) is 0 Å². The maximum Gasteiger partial charge on any atom is 0.223 e. The smallest absolute Gasteiger partial charge is 0.223 e. The molecule has 0 saturated heterocycles. The summed E-state index contributed by atoms with van der Waals surface area (Å²) in [7, 11) is 0. The van der Waals surface area contributed by atoms with Crippen molar-refractivity contribution in [3.8, 4) is 0 Å². The second-order valence-corrected chi connectivity index (χ2v) is 5.58. The zero-order chi connectivity index (χ0) is 13.2. The summed E-state index contributed by atoms with van der Waals surface area (Å²) in [5, 5.41) is 11.7. The van der Waals surface area contributed by atoms with E-state index in [1.54, 1.807) is 0 Å². The molecule has 0 heterocycles. The zero-order valence-corrected chi connectivity index (χ0v) is 11.8. The van der Waals surface area contributed by atoms with Gasteiger partial charge < -0.3 is 10.4 Å². The van der Waals surface area contributed by atoms with Gasteiger partial charge in [0, 0.05) is 19.1 Å². The molecule has 106 valence electrons. The Kier molecular flexibility index (Phi) is 8.06. The van der Waals surface area contributed by atoms with Gasteiger partial charge in [-0.2, -0.15) is 0 Å². The molecule has 1 fully saturated rings. The highest BCUT2D eigenvalue weighted by atomic mass is 16.2. The Balaban J connectivity index is 2.11. The SMILES string of the molecule is CCCCC1CCC(C(=O)NCCCCO)CC1. The van der Waals surface area contributed by atoms with Gasteiger partial charge in [-0.05, 0) is 44.4 Å². The number of hydrogen-bond donors (Lipinski definition) is 2. The van der Waals surface area contributed by atoms with Gasteiger partial charge in [-0.25, -0.2) is 0 Å². The minimum atomic E-state index is 0.221. The molecule has 0 aromatic heterocycles. The first-order chi connectivity index (χ1) is 8.77. The van der Waals surface area contributed by atoms with Gasteiger partial charge in [0.15, 0.2) is 0 Å². The fourth-order valence-electron chi connectivity index (χ4n) is 2.80. The molecule has 0 unspecified atom stereocenters. The van der Waals surface area contributed by atoms with E-state index in [0.29, 0.717) is 0 Å². The number of aliphatic hydroxyl groups excluding tert-OH is 1. The monoisotopic (exact) mass is 255 g/mol. The second-order valence-electron chi connectivity index (χ2n) is 5.58. The maximum atomic E-state index is 11.9. The number of aliphatic hydroxyl groups is 1. The van der Waals surface area contributed by atoms with Gasteiger partial charge in [0.05, 0.1) is 0 Å². The van der Waals surface area contributed by atoms with Crippen LogP contribution in [0.4, 0.5) is 0 Å². The van der Waals surface area contributed by atoms with Crippen LogP contribution in [0.15, 0.2) is 0 Å². The lowest BCUT2D eigenvalue weighted by Gasteiger charge is -2.27. The van der Waals surface area contributed by atoms with Crippen molar-refractivity contribution >= 4 is 5.91 Å². The summed E-state index contributed by atoms with van der Waals surface area (Å²) in [4.78, 5) is 11.9. The molecule has 18 heavy (non-hydrogen) atoms. The molecule has 1 aliphatic rings. The normalized spacial score (nSPS) is 23.9. The molecule has 3 heteroatoms. The Bertz CT molecular complexity index is 223. The predicted octanol–water partition coefficient (Wildman–Crippen LogP) is 2.87. The van der Waals surface area contributed by atoms with Gasteiger partial charge in [0.2, 0.25) is 5.91 Å². The van der Waals surface area contributed by atoms with Gasteiger partial charge in [-0.15, -0.1) is 0 Å². The largest absolute Gasteiger partial charge is 0.396 e. The van der Waals surface area contributed by atoms with Crippen molar-refractivity contribution in [2.24, 2.45) is 11.8 Å². The fourth-order valence-corrected chi connectivity index (χ4v) is 2.80. The van der Waals surface area contributed by atoms with E-state index in [0.717, 1.165) is 38.1 Å². The lowest BCUT2D eigenvalue weighted by Crippen LogP contribution is -2.33. The van der Waals surface area contributed by atoms with E-state index in [1.807, 2.05) is 0 Å². The second kappa shape index (κ2) is 9.37. The molecule has 0 radical (unpaired) electrons. The maximum absolute atomic E-state index is 11.9. The molecule has 1 aliphatic carbocycles. The van der Waals surface area contributed by atoms with E-state index in [9.17, 15) is 4.79 Å². The molecular formula is C15H29NO2. The third-order valence-electron chi connectivity index (χ3n) is 4.07. The predicted molar refractivity (Wildman–Crippen MR) is 74.3 cm³/mol. The van der Waals surface area contributed by atoms with Crippen LogP contribution in [-0.4, -0.2) is 24.2 Å². The zero-order valence-electron chi connectivity index (χ0n) is 11.8. The van der Waals surface area contributed by atoms with Crippen molar-refractivity contribution in [3.05, 3.63) is 0 Å². The first-order valence-corrected chi connectivity index (χ1v) is 7.66. The van der Waals surface area contributed by atoms with Crippen LogP contribution in [0.5, 0.6) is 0 Å². The van der Waals surface area contributed by atoms with E-state index >= 15 is 0 Å². The van der Waals surface area contributed by atoms with Crippen molar-refractivity contribution < 1.29 is 9.90 Å². The summed E-state index contributed by atoms with van der Waals surface area (Å²) in [6, 6.07) is 0. The van der Waals surface area contributed by atoms with Gasteiger partial charge in [-0.3, -0.25) is 4.79 Å². The van der Waals surface area contributed by atoms with E-state index in [4.69, 9.17) is 5.11 Å². The van der Waals surface area contributed by atoms with Gasteiger partial charge in [-0.1, -0.05) is 26.2 Å². The molecule has 1 saturated carbocycles. The van der Waals surface area contributed by atoms with Gasteiger partial charge in [0.25, 0.3) is 0 Å². The molecule has 1 amide bonds. The molecule has 0 aromatic rings. The highest BCUT2D eigenvalue weighted by Gasteiger charge is 2.25. The third kappa shape index (κ3) is 5.85. The Morgan fingerprint density at radius 2 is 1.89 bits per heavy atom. The number of unbranched alkanes of at least 4 members (excludes halogenated alkanes) is 2. The molecule has 0 aliphatic heterocycles. The molecular weight excluding hydrogens is 226 g/mol. The minimum Gasteiger partial charge on any atom is -0.396 e. The minimum absolute atomic E-state index is 0.221. The van der Waals surface area contributed by atoms with Gasteiger partial charge >= 0.3 is 0 Å². The number of rotatable bonds is 8. The van der Waals surface area contributed by atoms with E-state index in [-0.39, 0.29) is 18.4 Å². The number of nitrogens with one attached hydrogen (secondary N) is 1. The first-order valence-electron chi connectivity index (χ1n) is 7.66. The van der Waals surface area contributed by atoms with Crippen molar-refractivity contribution in [3.63, 3.8) is 0 Å². The molecule has 0 spiro atoms. The van der Waals surface area contributed by atoms with Crippen LogP contribution in [0.2, 0.25) is 0 Å². The number of carbonyl (C=O) groups is 1. The van der Waals surface area contributed by atoms with Crippen LogP contribution < -0.4 is 5.32 Å². The Hall–Kier alpha value is -0.570. The summed E-state index contributed by atoms with van der Waals surface area (Å²) in [6.07, 6.45) is 10.2. The average Bonchev–Trinajstić information content (AvgIpc) is 2.41. The molecule has 0 bridgehead atoms. The molecule has 3 nitrogen and oxygen atoms in total. The Morgan fingerprint density at radius 3 is 2.50 bits per heavy atom. The van der Waals surface area contributed by atoms with E-state index in [2.05, 4.69) is 12.2 Å². The van der Waals surface area contributed by atoms with E-state index < -0.39 is 0 Å². The van der Waals surface area contributed by atoms with Crippen LogP contribution in [0.3, 0.4) is 0 Å². The van der Waals surface area contributed by atoms with E-state index in [1.165, 1.54) is 32.1 Å². The topological polar surface area (TPSA) is 49.3 Å². The average molecular weight is 255 g/mol. The molecule has 1 rings (SSSR count). The lowest BCUT2D eigenvalue weighted by molar-refractivity contribution is -0.126. The fraction of sp³-hybridized carbons (Fsp3) is 0.933.